The lowest BCUT2D eigenvalue weighted by atomic mass is 9.78. The van der Waals surface area contributed by atoms with Crippen molar-refractivity contribution in [2.45, 2.75) is 25.5 Å². The molecule has 0 spiro atoms. The topological polar surface area (TPSA) is 85.9 Å². The molecule has 118 valence electrons. The molecule has 3 rings (SSSR count). The number of ether oxygens (including phenoxy) is 2. The first-order valence-electron chi connectivity index (χ1n) is 7.10. The molecule has 7 heteroatoms. The van der Waals surface area contributed by atoms with Crippen molar-refractivity contribution in [1.29, 1.82) is 0 Å². The third kappa shape index (κ3) is 2.31. The zero-order valence-corrected chi connectivity index (χ0v) is 12.4. The molecule has 0 saturated carbocycles. The zero-order valence-electron chi connectivity index (χ0n) is 12.4. The molecular formula is C15H18FN3O3. The molecule has 2 aliphatic rings. The predicted octanol–water partition coefficient (Wildman–Crippen LogP) is 1.36. The molecule has 1 aromatic rings. The van der Waals surface area contributed by atoms with Crippen LogP contribution in [0.2, 0.25) is 0 Å². The Hall–Kier alpha value is -2.15. The van der Waals surface area contributed by atoms with Crippen LogP contribution in [0.15, 0.2) is 23.2 Å². The Balaban J connectivity index is 2.11. The summed E-state index contributed by atoms with van der Waals surface area (Å²) in [6.07, 6.45) is -0.124. The van der Waals surface area contributed by atoms with Crippen LogP contribution in [-0.4, -0.2) is 31.2 Å². The second kappa shape index (κ2) is 5.24. The lowest BCUT2D eigenvalue weighted by molar-refractivity contribution is -0.114. The molecule has 0 unspecified atom stereocenters. The smallest absolute Gasteiger partial charge is 0.282 e. The van der Waals surface area contributed by atoms with Gasteiger partial charge in [0.05, 0.1) is 25.2 Å². The quantitative estimate of drug-likeness (QED) is 0.864. The van der Waals surface area contributed by atoms with Gasteiger partial charge in [0.25, 0.3) is 6.02 Å². The van der Waals surface area contributed by atoms with E-state index in [2.05, 4.69) is 10.3 Å². The maximum Gasteiger partial charge on any atom is 0.282 e. The molecule has 0 bridgehead atoms. The summed E-state index contributed by atoms with van der Waals surface area (Å²) in [5.74, 6) is -0.769. The van der Waals surface area contributed by atoms with Gasteiger partial charge in [-0.25, -0.2) is 9.38 Å². The summed E-state index contributed by atoms with van der Waals surface area (Å²) < 4.78 is 25.4. The number of carbonyl (C=O) groups is 1. The molecule has 0 aromatic heterocycles. The van der Waals surface area contributed by atoms with E-state index in [1.54, 1.807) is 6.07 Å². The van der Waals surface area contributed by atoms with Crippen LogP contribution in [0.1, 0.15) is 19.4 Å². The van der Waals surface area contributed by atoms with Crippen LogP contribution in [0, 0.1) is 11.7 Å². The van der Waals surface area contributed by atoms with Crippen LogP contribution in [0.3, 0.4) is 0 Å². The van der Waals surface area contributed by atoms with Gasteiger partial charge in [-0.1, -0.05) is 0 Å². The molecule has 22 heavy (non-hydrogen) atoms. The third-order valence-electron chi connectivity index (χ3n) is 4.22. The van der Waals surface area contributed by atoms with Crippen LogP contribution in [0.5, 0.6) is 0 Å². The Morgan fingerprint density at radius 2 is 2.32 bits per heavy atom. The van der Waals surface area contributed by atoms with E-state index >= 15 is 0 Å². The summed E-state index contributed by atoms with van der Waals surface area (Å²) >= 11 is 0. The third-order valence-corrected chi connectivity index (χ3v) is 4.22. The van der Waals surface area contributed by atoms with Crippen molar-refractivity contribution >= 4 is 17.6 Å². The molecule has 6 nitrogen and oxygen atoms in total. The Morgan fingerprint density at radius 1 is 1.55 bits per heavy atom. The molecule has 0 aliphatic carbocycles. The first-order chi connectivity index (χ1) is 10.4. The van der Waals surface area contributed by atoms with Gasteiger partial charge in [0.2, 0.25) is 5.91 Å². The molecule has 1 fully saturated rings. The van der Waals surface area contributed by atoms with Gasteiger partial charge in [0.15, 0.2) is 0 Å². The normalized spacial score (nSPS) is 30.2. The van der Waals surface area contributed by atoms with E-state index in [-0.39, 0.29) is 30.6 Å². The summed E-state index contributed by atoms with van der Waals surface area (Å²) in [5, 5.41) is 2.65. The average molecular weight is 307 g/mol. The van der Waals surface area contributed by atoms with Gasteiger partial charge in [0.1, 0.15) is 11.4 Å². The van der Waals surface area contributed by atoms with Gasteiger partial charge >= 0.3 is 0 Å². The number of nitrogens with two attached hydrogens (primary N) is 1. The van der Waals surface area contributed by atoms with Gasteiger partial charge in [-0.05, 0) is 25.1 Å². The summed E-state index contributed by atoms with van der Waals surface area (Å²) in [7, 11) is 0. The fourth-order valence-corrected chi connectivity index (χ4v) is 3.14. The number of fused-ring (bicyclic) bond motifs is 1. The minimum absolute atomic E-state index is 0.0262. The molecular weight excluding hydrogens is 289 g/mol. The van der Waals surface area contributed by atoms with Gasteiger partial charge in [0, 0.05) is 18.2 Å². The number of benzene rings is 1. The Labute approximate surface area is 127 Å². The van der Waals surface area contributed by atoms with Crippen LogP contribution < -0.4 is 11.1 Å². The van der Waals surface area contributed by atoms with E-state index in [9.17, 15) is 9.18 Å². The van der Waals surface area contributed by atoms with Gasteiger partial charge in [-0.15, -0.1) is 0 Å². The van der Waals surface area contributed by atoms with Gasteiger partial charge in [-0.2, -0.15) is 0 Å². The summed E-state index contributed by atoms with van der Waals surface area (Å²) in [5.41, 5.74) is 5.66. The first-order valence-corrected chi connectivity index (χ1v) is 7.10. The second-order valence-corrected chi connectivity index (χ2v) is 5.68. The van der Waals surface area contributed by atoms with Crippen molar-refractivity contribution in [3.63, 3.8) is 0 Å². The molecule has 2 aliphatic heterocycles. The standard InChI is InChI=1S/C15H18FN3O3/c1-8-12-6-21-14(17)19-15(12,7-22-8)11-5-10(18-9(2)20)3-4-13(11)16/h3-5,8,12H,6-7H2,1-2H3,(H2,17,19)(H,18,20)/t8-,12-,15-/m1/s1. The van der Waals surface area contributed by atoms with Crippen molar-refractivity contribution < 1.29 is 18.7 Å². The van der Waals surface area contributed by atoms with Crippen molar-refractivity contribution in [1.82, 2.24) is 0 Å². The molecule has 1 amide bonds. The highest BCUT2D eigenvalue weighted by molar-refractivity contribution is 5.88. The highest BCUT2D eigenvalue weighted by atomic mass is 19.1. The fraction of sp³-hybridized carbons (Fsp3) is 0.467. The van der Waals surface area contributed by atoms with Crippen molar-refractivity contribution in [3.05, 3.63) is 29.6 Å². The predicted molar refractivity (Wildman–Crippen MR) is 78.9 cm³/mol. The van der Waals surface area contributed by atoms with Crippen LogP contribution in [0.25, 0.3) is 0 Å². The van der Waals surface area contributed by atoms with E-state index in [4.69, 9.17) is 15.2 Å². The van der Waals surface area contributed by atoms with Crippen LogP contribution >= 0.6 is 0 Å². The molecule has 3 atom stereocenters. The lowest BCUT2D eigenvalue weighted by Gasteiger charge is -2.35. The maximum absolute atomic E-state index is 14.5. The fourth-order valence-electron chi connectivity index (χ4n) is 3.14. The molecule has 3 N–H and O–H groups in total. The first kappa shape index (κ1) is 14.8. The summed E-state index contributed by atoms with van der Waals surface area (Å²) in [6.45, 7) is 3.85. The highest BCUT2D eigenvalue weighted by Crippen LogP contribution is 2.46. The summed E-state index contributed by atoms with van der Waals surface area (Å²) in [4.78, 5) is 15.6. The Bertz CT molecular complexity index is 649. The number of anilines is 1. The van der Waals surface area contributed by atoms with E-state index in [0.29, 0.717) is 17.9 Å². The van der Waals surface area contributed by atoms with Gasteiger partial charge in [-0.3, -0.25) is 4.79 Å². The van der Waals surface area contributed by atoms with Crippen LogP contribution in [-0.2, 0) is 19.8 Å². The minimum Gasteiger partial charge on any atom is -0.465 e. The second-order valence-electron chi connectivity index (χ2n) is 5.68. The average Bonchev–Trinajstić information content (AvgIpc) is 2.78. The van der Waals surface area contributed by atoms with E-state index in [1.807, 2.05) is 6.92 Å². The number of nitrogens with one attached hydrogen (secondary N) is 1. The number of amidine groups is 1. The number of nitrogens with zero attached hydrogens (tertiary/aromatic N) is 1. The molecule has 1 saturated heterocycles. The number of rotatable bonds is 2. The summed E-state index contributed by atoms with van der Waals surface area (Å²) in [6, 6.07) is 4.44. The van der Waals surface area contributed by atoms with Gasteiger partial charge < -0.3 is 20.5 Å². The maximum atomic E-state index is 14.5. The van der Waals surface area contributed by atoms with E-state index < -0.39 is 11.4 Å². The van der Waals surface area contributed by atoms with Crippen LogP contribution in [0.4, 0.5) is 10.1 Å². The number of hydrogen-bond donors (Lipinski definition) is 2. The molecule has 2 heterocycles. The number of halogens is 1. The number of carbonyl (C=O) groups excluding carboxylic acids is 1. The molecule has 0 radical (unpaired) electrons. The number of aliphatic imine (C=N–C) groups is 1. The largest absolute Gasteiger partial charge is 0.465 e. The zero-order chi connectivity index (χ0) is 15.9. The van der Waals surface area contributed by atoms with E-state index in [0.717, 1.165) is 0 Å². The monoisotopic (exact) mass is 307 g/mol. The van der Waals surface area contributed by atoms with Crippen molar-refractivity contribution in [3.8, 4) is 0 Å². The Kier molecular flexibility index (Phi) is 3.52. The SMILES string of the molecule is CC(=O)Nc1ccc(F)c([C@]23CO[C@H](C)[C@H]2COC(N)=N3)c1. The number of hydrogen-bond acceptors (Lipinski definition) is 5. The van der Waals surface area contributed by atoms with Crippen molar-refractivity contribution in [2.24, 2.45) is 16.6 Å². The lowest BCUT2D eigenvalue weighted by Crippen LogP contribution is -2.45. The molecule has 1 aromatic carbocycles. The van der Waals surface area contributed by atoms with Crippen molar-refractivity contribution in [2.75, 3.05) is 18.5 Å². The van der Waals surface area contributed by atoms with E-state index in [1.165, 1.54) is 19.1 Å². The Morgan fingerprint density at radius 3 is 3.05 bits per heavy atom. The highest BCUT2D eigenvalue weighted by Gasteiger charge is 2.53. The number of amides is 1. The minimum atomic E-state index is -0.916.